The number of carbonyl (C=O) groups excluding carboxylic acids is 1. The molecular weight excluding hydrogens is 430 g/mol. The lowest BCUT2D eigenvalue weighted by Crippen LogP contribution is -2.37. The van der Waals surface area contributed by atoms with Crippen molar-refractivity contribution in [1.29, 1.82) is 0 Å². The number of allylic oxidation sites excluding steroid dienone is 1. The van der Waals surface area contributed by atoms with Crippen LogP contribution < -0.4 is 4.74 Å². The normalized spacial score (nSPS) is 15.4. The molecule has 0 bridgehead atoms. The molecule has 3 aromatic rings. The molecule has 1 unspecified atom stereocenters. The molecule has 1 aliphatic heterocycles. The number of rotatable bonds is 9. The average Bonchev–Trinajstić information content (AvgIpc) is 2.88. The monoisotopic (exact) mass is 467 g/mol. The topological polar surface area (TPSA) is 29.5 Å². The zero-order valence-electron chi connectivity index (χ0n) is 21.2. The Labute approximate surface area is 210 Å². The number of ketones is 1. The summed E-state index contributed by atoms with van der Waals surface area (Å²) < 4.78 is 6.15. The van der Waals surface area contributed by atoms with Crippen LogP contribution in [0.5, 0.6) is 5.75 Å². The molecule has 0 radical (unpaired) electrons. The first-order valence-corrected chi connectivity index (χ1v) is 12.9. The standard InChI is InChI=1S/C32H37NO2/c1-24(2)27-10-7-26(8-11-27)9-20-32(34)30-14-12-28(13-15-30)29-16-18-31(19-17-29)35-25(3)23-33-21-5-4-6-22-33/h7-20,24-25H,4-6,21-23H2,1-3H3/b20-9+. The lowest BCUT2D eigenvalue weighted by Gasteiger charge is -2.29. The van der Waals surface area contributed by atoms with E-state index >= 15 is 0 Å². The molecule has 0 amide bonds. The van der Waals surface area contributed by atoms with E-state index in [1.807, 2.05) is 42.5 Å². The van der Waals surface area contributed by atoms with E-state index in [4.69, 9.17) is 4.74 Å². The van der Waals surface area contributed by atoms with E-state index in [-0.39, 0.29) is 11.9 Å². The van der Waals surface area contributed by atoms with Crippen molar-refractivity contribution in [3.8, 4) is 16.9 Å². The van der Waals surface area contributed by atoms with Gasteiger partial charge in [-0.1, -0.05) is 87.0 Å². The molecule has 35 heavy (non-hydrogen) atoms. The van der Waals surface area contributed by atoms with Crippen LogP contribution in [-0.2, 0) is 0 Å². The summed E-state index contributed by atoms with van der Waals surface area (Å²) in [5.41, 5.74) is 5.22. The molecule has 1 saturated heterocycles. The maximum absolute atomic E-state index is 12.6. The number of hydrogen-bond donors (Lipinski definition) is 0. The van der Waals surface area contributed by atoms with Crippen LogP contribution in [0.25, 0.3) is 17.2 Å². The fourth-order valence-electron chi connectivity index (χ4n) is 4.59. The van der Waals surface area contributed by atoms with Gasteiger partial charge in [0, 0.05) is 12.1 Å². The molecule has 0 aliphatic carbocycles. The van der Waals surface area contributed by atoms with Crippen LogP contribution in [0, 0.1) is 0 Å². The first kappa shape index (κ1) is 24.9. The third-order valence-corrected chi connectivity index (χ3v) is 6.69. The molecule has 3 heteroatoms. The number of nitrogens with zero attached hydrogens (tertiary/aromatic N) is 1. The smallest absolute Gasteiger partial charge is 0.185 e. The van der Waals surface area contributed by atoms with Crippen LogP contribution in [-0.4, -0.2) is 36.4 Å². The quantitative estimate of drug-likeness (QED) is 0.239. The molecule has 0 saturated carbocycles. The minimum Gasteiger partial charge on any atom is -0.489 e. The highest BCUT2D eigenvalue weighted by atomic mass is 16.5. The first-order valence-electron chi connectivity index (χ1n) is 12.9. The molecule has 1 aliphatic rings. The van der Waals surface area contributed by atoms with Gasteiger partial charge in [-0.25, -0.2) is 0 Å². The fraction of sp³-hybridized carbons (Fsp3) is 0.344. The van der Waals surface area contributed by atoms with E-state index in [1.165, 1.54) is 37.9 Å². The number of piperidine rings is 1. The van der Waals surface area contributed by atoms with Crippen LogP contribution in [0.15, 0.2) is 78.9 Å². The third-order valence-electron chi connectivity index (χ3n) is 6.69. The van der Waals surface area contributed by atoms with Gasteiger partial charge in [-0.3, -0.25) is 9.69 Å². The maximum atomic E-state index is 12.6. The van der Waals surface area contributed by atoms with Crippen LogP contribution in [0.1, 0.15) is 67.4 Å². The van der Waals surface area contributed by atoms with Gasteiger partial charge in [0.2, 0.25) is 0 Å². The van der Waals surface area contributed by atoms with Gasteiger partial charge in [-0.15, -0.1) is 0 Å². The van der Waals surface area contributed by atoms with Gasteiger partial charge in [0.25, 0.3) is 0 Å². The molecule has 4 rings (SSSR count). The SMILES string of the molecule is CC(CN1CCCCC1)Oc1ccc(-c2ccc(C(=O)/C=C/c3ccc(C(C)C)cc3)cc2)cc1. The Bertz CT molecular complexity index is 1110. The number of benzene rings is 3. The Kier molecular flexibility index (Phi) is 8.54. The van der Waals surface area contributed by atoms with Crippen LogP contribution in [0.4, 0.5) is 0 Å². The number of ether oxygens (including phenoxy) is 1. The van der Waals surface area contributed by atoms with Crippen molar-refractivity contribution in [1.82, 2.24) is 4.90 Å². The zero-order chi connectivity index (χ0) is 24.6. The van der Waals surface area contributed by atoms with Crippen molar-refractivity contribution in [3.05, 3.63) is 95.6 Å². The van der Waals surface area contributed by atoms with Gasteiger partial charge >= 0.3 is 0 Å². The molecular formula is C32H37NO2. The zero-order valence-corrected chi connectivity index (χ0v) is 21.2. The van der Waals surface area contributed by atoms with Gasteiger partial charge in [0.05, 0.1) is 0 Å². The third kappa shape index (κ3) is 7.16. The molecule has 1 heterocycles. The minimum absolute atomic E-state index is 0.0101. The van der Waals surface area contributed by atoms with Gasteiger partial charge in [0.1, 0.15) is 11.9 Å². The summed E-state index contributed by atoms with van der Waals surface area (Å²) in [6.07, 6.45) is 7.65. The lowest BCUT2D eigenvalue weighted by molar-refractivity contribution is 0.104. The van der Waals surface area contributed by atoms with Crippen molar-refractivity contribution in [2.24, 2.45) is 0 Å². The summed E-state index contributed by atoms with van der Waals surface area (Å²) in [5.74, 6) is 1.41. The summed E-state index contributed by atoms with van der Waals surface area (Å²) in [6, 6.07) is 24.4. The average molecular weight is 468 g/mol. The summed E-state index contributed by atoms with van der Waals surface area (Å²) in [6.45, 7) is 9.86. The minimum atomic E-state index is 0.0101. The van der Waals surface area contributed by atoms with E-state index in [9.17, 15) is 4.79 Å². The molecule has 1 atom stereocenters. The van der Waals surface area contributed by atoms with Gasteiger partial charge < -0.3 is 4.74 Å². The van der Waals surface area contributed by atoms with Crippen molar-refractivity contribution >= 4 is 11.9 Å². The fourth-order valence-corrected chi connectivity index (χ4v) is 4.59. The number of carbonyl (C=O) groups is 1. The van der Waals surface area contributed by atoms with Crippen molar-refractivity contribution in [3.63, 3.8) is 0 Å². The molecule has 0 spiro atoms. The molecule has 0 N–H and O–H groups in total. The molecule has 3 nitrogen and oxygen atoms in total. The Hall–Kier alpha value is -3.17. The largest absolute Gasteiger partial charge is 0.489 e. The van der Waals surface area contributed by atoms with E-state index in [0.29, 0.717) is 11.5 Å². The van der Waals surface area contributed by atoms with Gasteiger partial charge in [-0.05, 0) is 79.2 Å². The van der Waals surface area contributed by atoms with Crippen molar-refractivity contribution in [2.75, 3.05) is 19.6 Å². The van der Waals surface area contributed by atoms with Crippen LogP contribution in [0.2, 0.25) is 0 Å². The van der Waals surface area contributed by atoms with E-state index < -0.39 is 0 Å². The Morgan fingerprint density at radius 3 is 2.03 bits per heavy atom. The Balaban J connectivity index is 1.32. The van der Waals surface area contributed by atoms with E-state index in [0.717, 1.165) is 29.0 Å². The highest BCUT2D eigenvalue weighted by Crippen LogP contribution is 2.24. The second-order valence-electron chi connectivity index (χ2n) is 9.91. The second-order valence-corrected chi connectivity index (χ2v) is 9.91. The summed E-state index contributed by atoms with van der Waals surface area (Å²) in [5, 5.41) is 0. The van der Waals surface area contributed by atoms with Crippen molar-refractivity contribution < 1.29 is 9.53 Å². The summed E-state index contributed by atoms with van der Waals surface area (Å²) in [4.78, 5) is 15.1. The Morgan fingerprint density at radius 2 is 1.43 bits per heavy atom. The van der Waals surface area contributed by atoms with Gasteiger partial charge in [0.15, 0.2) is 5.78 Å². The molecule has 3 aromatic carbocycles. The Morgan fingerprint density at radius 1 is 0.829 bits per heavy atom. The molecule has 0 aromatic heterocycles. The van der Waals surface area contributed by atoms with Gasteiger partial charge in [-0.2, -0.15) is 0 Å². The molecule has 1 fully saturated rings. The molecule has 182 valence electrons. The maximum Gasteiger partial charge on any atom is 0.185 e. The predicted molar refractivity (Wildman–Crippen MR) is 146 cm³/mol. The first-order chi connectivity index (χ1) is 17.0. The van der Waals surface area contributed by atoms with Crippen LogP contribution in [0.3, 0.4) is 0 Å². The van der Waals surface area contributed by atoms with Crippen molar-refractivity contribution in [2.45, 2.75) is 52.1 Å². The predicted octanol–water partition coefficient (Wildman–Crippen LogP) is 7.63. The van der Waals surface area contributed by atoms with Crippen LogP contribution >= 0.6 is 0 Å². The summed E-state index contributed by atoms with van der Waals surface area (Å²) in [7, 11) is 0. The highest BCUT2D eigenvalue weighted by Gasteiger charge is 2.14. The lowest BCUT2D eigenvalue weighted by atomic mass is 10.0. The van der Waals surface area contributed by atoms with E-state index in [1.54, 1.807) is 6.08 Å². The number of hydrogen-bond acceptors (Lipinski definition) is 3. The van der Waals surface area contributed by atoms with E-state index in [2.05, 4.69) is 62.1 Å². The highest BCUT2D eigenvalue weighted by molar-refractivity contribution is 6.07. The number of likely N-dealkylation sites (tertiary alicyclic amines) is 1. The summed E-state index contributed by atoms with van der Waals surface area (Å²) >= 11 is 0. The second kappa shape index (κ2) is 12.0.